The van der Waals surface area contributed by atoms with Gasteiger partial charge in [-0.25, -0.2) is 0 Å². The third-order valence-corrected chi connectivity index (χ3v) is 4.49. The number of rotatable bonds is 6. The number of nitrogens with zero attached hydrogens (tertiary/aromatic N) is 2. The summed E-state index contributed by atoms with van der Waals surface area (Å²) in [5.41, 5.74) is 3.27. The lowest BCUT2D eigenvalue weighted by Crippen LogP contribution is -2.34. The summed E-state index contributed by atoms with van der Waals surface area (Å²) in [4.78, 5) is 2.58. The highest BCUT2D eigenvalue weighted by Crippen LogP contribution is 2.24. The van der Waals surface area contributed by atoms with Gasteiger partial charge in [-0.15, -0.1) is 12.4 Å². The monoisotopic (exact) mass is 341 g/mol. The molecular weight excluding hydrogens is 318 g/mol. The molecule has 1 unspecified atom stereocenters. The molecule has 126 valence electrons. The number of hydrogen-bond donors (Lipinski definition) is 1. The molecule has 0 radical (unpaired) electrons. The molecule has 2 aromatic rings. The Kier molecular flexibility index (Phi) is 7.27. The highest BCUT2D eigenvalue weighted by Gasteiger charge is 2.22. The average molecular weight is 342 g/mol. The van der Waals surface area contributed by atoms with Gasteiger partial charge in [-0.05, 0) is 49.2 Å². The molecule has 3 nitrogen and oxygen atoms in total. The van der Waals surface area contributed by atoms with Gasteiger partial charge in [0.05, 0.1) is 11.6 Å². The Morgan fingerprint density at radius 2 is 1.79 bits per heavy atom. The van der Waals surface area contributed by atoms with Gasteiger partial charge in [-0.3, -0.25) is 4.90 Å². The Morgan fingerprint density at radius 3 is 2.50 bits per heavy atom. The maximum atomic E-state index is 8.99. The van der Waals surface area contributed by atoms with Crippen LogP contribution in [0.25, 0.3) is 0 Å². The minimum atomic E-state index is 0. The Labute approximate surface area is 150 Å². The highest BCUT2D eigenvalue weighted by molar-refractivity contribution is 5.85. The maximum Gasteiger partial charge on any atom is 0.0991 e. The molecule has 0 amide bonds. The fourth-order valence-electron chi connectivity index (χ4n) is 3.29. The molecule has 0 saturated carbocycles. The number of nitriles is 1. The Morgan fingerprint density at radius 1 is 1.04 bits per heavy atom. The molecule has 0 bridgehead atoms. The number of hydrogen-bond acceptors (Lipinski definition) is 3. The number of likely N-dealkylation sites (tertiary alicyclic amines) is 1. The van der Waals surface area contributed by atoms with Crippen molar-refractivity contribution in [2.75, 3.05) is 19.6 Å². The predicted molar refractivity (Wildman–Crippen MR) is 100 cm³/mol. The zero-order valence-corrected chi connectivity index (χ0v) is 14.6. The molecule has 1 atom stereocenters. The van der Waals surface area contributed by atoms with E-state index >= 15 is 0 Å². The Bertz CT molecular complexity index is 660. The van der Waals surface area contributed by atoms with Crippen LogP contribution in [0.4, 0.5) is 0 Å². The van der Waals surface area contributed by atoms with Gasteiger partial charge in [0.1, 0.15) is 0 Å². The molecule has 1 aliphatic rings. The third kappa shape index (κ3) is 4.82. The molecule has 1 saturated heterocycles. The maximum absolute atomic E-state index is 8.99. The van der Waals surface area contributed by atoms with E-state index in [1.54, 1.807) is 0 Å². The van der Waals surface area contributed by atoms with Crippen molar-refractivity contribution in [2.45, 2.75) is 25.4 Å². The fraction of sp³-hybridized carbons (Fsp3) is 0.350. The van der Waals surface area contributed by atoms with E-state index in [2.05, 4.69) is 52.7 Å². The molecule has 0 aromatic heterocycles. The van der Waals surface area contributed by atoms with E-state index in [1.165, 1.54) is 31.5 Å². The van der Waals surface area contributed by atoms with E-state index in [0.717, 1.165) is 24.2 Å². The smallest absolute Gasteiger partial charge is 0.0991 e. The summed E-state index contributed by atoms with van der Waals surface area (Å²) < 4.78 is 0. The van der Waals surface area contributed by atoms with Crippen LogP contribution in [0.1, 0.15) is 35.6 Å². The molecule has 3 rings (SSSR count). The molecule has 0 spiro atoms. The minimum Gasteiger partial charge on any atom is -0.311 e. The first-order valence-corrected chi connectivity index (χ1v) is 8.35. The van der Waals surface area contributed by atoms with Crippen LogP contribution in [-0.4, -0.2) is 24.5 Å². The zero-order chi connectivity index (χ0) is 15.9. The highest BCUT2D eigenvalue weighted by atomic mass is 35.5. The fourth-order valence-corrected chi connectivity index (χ4v) is 3.29. The van der Waals surface area contributed by atoms with Gasteiger partial charge in [0, 0.05) is 19.1 Å². The van der Waals surface area contributed by atoms with Crippen LogP contribution in [0.15, 0.2) is 54.6 Å². The van der Waals surface area contributed by atoms with E-state index in [4.69, 9.17) is 5.26 Å². The summed E-state index contributed by atoms with van der Waals surface area (Å²) in [6.07, 6.45) is 2.60. The molecule has 1 aliphatic heterocycles. The molecule has 4 heteroatoms. The van der Waals surface area contributed by atoms with Gasteiger partial charge in [-0.2, -0.15) is 5.26 Å². The molecule has 24 heavy (non-hydrogen) atoms. The summed E-state index contributed by atoms with van der Waals surface area (Å²) in [7, 11) is 0. The van der Waals surface area contributed by atoms with Crippen LogP contribution < -0.4 is 5.32 Å². The van der Waals surface area contributed by atoms with E-state index in [-0.39, 0.29) is 12.4 Å². The summed E-state index contributed by atoms with van der Waals surface area (Å²) in [6.45, 7) is 4.10. The van der Waals surface area contributed by atoms with Gasteiger partial charge in [0.25, 0.3) is 0 Å². The van der Waals surface area contributed by atoms with Crippen molar-refractivity contribution in [3.8, 4) is 6.07 Å². The molecule has 0 aliphatic carbocycles. The summed E-state index contributed by atoms with van der Waals surface area (Å²) in [5.74, 6) is 0. The lowest BCUT2D eigenvalue weighted by atomic mass is 10.1. The van der Waals surface area contributed by atoms with Gasteiger partial charge >= 0.3 is 0 Å². The zero-order valence-electron chi connectivity index (χ0n) is 13.8. The van der Waals surface area contributed by atoms with Gasteiger partial charge in [0.2, 0.25) is 0 Å². The van der Waals surface area contributed by atoms with Crippen molar-refractivity contribution in [3.05, 3.63) is 71.3 Å². The predicted octanol–water partition coefficient (Wildman–Crippen LogP) is 3.91. The molecular formula is C20H24ClN3. The number of nitrogens with one attached hydrogen (secondary N) is 1. The Balaban J connectivity index is 0.00000208. The molecule has 1 heterocycles. The minimum absolute atomic E-state index is 0. The van der Waals surface area contributed by atoms with Crippen molar-refractivity contribution in [1.82, 2.24) is 10.2 Å². The topological polar surface area (TPSA) is 39.1 Å². The van der Waals surface area contributed by atoms with Crippen molar-refractivity contribution in [2.24, 2.45) is 0 Å². The first-order chi connectivity index (χ1) is 11.4. The second-order valence-electron chi connectivity index (χ2n) is 6.11. The summed E-state index contributed by atoms with van der Waals surface area (Å²) in [6, 6.07) is 21.2. The van der Waals surface area contributed by atoms with Crippen LogP contribution in [0.5, 0.6) is 0 Å². The van der Waals surface area contributed by atoms with Gasteiger partial charge in [0.15, 0.2) is 0 Å². The molecule has 1 N–H and O–H groups in total. The quantitative estimate of drug-likeness (QED) is 0.865. The Hall–Kier alpha value is -1.86. The lowest BCUT2D eigenvalue weighted by Gasteiger charge is -2.28. The summed E-state index contributed by atoms with van der Waals surface area (Å²) >= 11 is 0. The first-order valence-electron chi connectivity index (χ1n) is 8.35. The van der Waals surface area contributed by atoms with E-state index in [1.807, 2.05) is 18.2 Å². The van der Waals surface area contributed by atoms with E-state index < -0.39 is 0 Å². The normalized spacial score (nSPS) is 15.5. The third-order valence-electron chi connectivity index (χ3n) is 4.49. The van der Waals surface area contributed by atoms with E-state index in [0.29, 0.717) is 6.04 Å². The van der Waals surface area contributed by atoms with Crippen LogP contribution in [0.2, 0.25) is 0 Å². The van der Waals surface area contributed by atoms with Gasteiger partial charge < -0.3 is 5.32 Å². The standard InChI is InChI=1S/C20H23N3.ClH/c21-14-17-7-6-8-18(13-17)15-22-16-20(23-11-4-5-12-23)19-9-2-1-3-10-19;/h1-3,6-10,13,20,22H,4-5,11-12,15-16H2;1H. The number of benzene rings is 2. The largest absolute Gasteiger partial charge is 0.311 e. The molecule has 2 aromatic carbocycles. The first kappa shape index (κ1) is 18.5. The van der Waals surface area contributed by atoms with Crippen molar-refractivity contribution < 1.29 is 0 Å². The average Bonchev–Trinajstić information content (AvgIpc) is 3.14. The second kappa shape index (κ2) is 9.44. The van der Waals surface area contributed by atoms with Crippen LogP contribution >= 0.6 is 12.4 Å². The lowest BCUT2D eigenvalue weighted by molar-refractivity contribution is 0.238. The second-order valence-corrected chi connectivity index (χ2v) is 6.11. The SMILES string of the molecule is Cl.N#Cc1cccc(CNCC(c2ccccc2)N2CCCC2)c1. The van der Waals surface area contributed by atoms with Crippen molar-refractivity contribution in [3.63, 3.8) is 0 Å². The van der Waals surface area contributed by atoms with Crippen molar-refractivity contribution >= 4 is 12.4 Å². The number of halogens is 1. The van der Waals surface area contributed by atoms with Crippen LogP contribution in [0, 0.1) is 11.3 Å². The molecule has 1 fully saturated rings. The summed E-state index contributed by atoms with van der Waals surface area (Å²) in [5, 5.41) is 12.6. The van der Waals surface area contributed by atoms with Crippen molar-refractivity contribution in [1.29, 1.82) is 5.26 Å². The van der Waals surface area contributed by atoms with Crippen LogP contribution in [0.3, 0.4) is 0 Å². The van der Waals surface area contributed by atoms with Gasteiger partial charge in [-0.1, -0.05) is 42.5 Å². The van der Waals surface area contributed by atoms with E-state index in [9.17, 15) is 0 Å². The van der Waals surface area contributed by atoms with Crippen LogP contribution in [-0.2, 0) is 6.54 Å².